The molecule has 1 atom stereocenters. The Morgan fingerprint density at radius 3 is 2.56 bits per heavy atom. The highest BCUT2D eigenvalue weighted by molar-refractivity contribution is 5.79. The van der Waals surface area contributed by atoms with Gasteiger partial charge in [0.1, 0.15) is 5.82 Å². The van der Waals surface area contributed by atoms with E-state index in [-0.39, 0.29) is 17.4 Å². The number of hydrogen-bond donors (Lipinski definition) is 0. The summed E-state index contributed by atoms with van der Waals surface area (Å²) in [6.45, 7) is 9.45. The van der Waals surface area contributed by atoms with Gasteiger partial charge in [0.05, 0.1) is 22.8 Å². The molecule has 0 amide bonds. The number of piperazine rings is 1. The fourth-order valence-electron chi connectivity index (χ4n) is 4.66. The van der Waals surface area contributed by atoms with E-state index in [2.05, 4.69) is 75.3 Å². The van der Waals surface area contributed by atoms with Crippen LogP contribution in [0.1, 0.15) is 44.6 Å². The van der Waals surface area contributed by atoms with Crippen molar-refractivity contribution < 1.29 is 4.39 Å². The van der Waals surface area contributed by atoms with E-state index >= 15 is 0 Å². The van der Waals surface area contributed by atoms with E-state index in [0.29, 0.717) is 5.69 Å². The highest BCUT2D eigenvalue weighted by Crippen LogP contribution is 2.33. The van der Waals surface area contributed by atoms with Crippen molar-refractivity contribution in [1.82, 2.24) is 30.1 Å². The molecule has 5 rings (SSSR count). The van der Waals surface area contributed by atoms with Crippen molar-refractivity contribution in [2.24, 2.45) is 0 Å². The molecule has 0 radical (unpaired) electrons. The first kappa shape index (κ1) is 22.4. The van der Waals surface area contributed by atoms with Gasteiger partial charge in [0.2, 0.25) is 0 Å². The Labute approximate surface area is 199 Å². The van der Waals surface area contributed by atoms with Gasteiger partial charge in [-0.15, -0.1) is 5.10 Å². The molecule has 7 nitrogen and oxygen atoms in total. The van der Waals surface area contributed by atoms with Crippen LogP contribution in [0.4, 0.5) is 10.1 Å². The Balaban J connectivity index is 1.52. The SMILES string of the molecule is CCC(C)(C)n1nnnc1[C@H](c1ccc2ncccc2c1)N1CCN(c2ccccc2F)CC1. The lowest BCUT2D eigenvalue weighted by Gasteiger charge is -2.40. The molecule has 3 heterocycles. The number of pyridine rings is 1. The number of anilines is 1. The molecule has 34 heavy (non-hydrogen) atoms. The fraction of sp³-hybridized carbons (Fsp3) is 0.385. The zero-order valence-corrected chi connectivity index (χ0v) is 19.9. The van der Waals surface area contributed by atoms with Crippen LogP contribution in [0.3, 0.4) is 0 Å². The molecule has 0 saturated carbocycles. The third kappa shape index (κ3) is 4.14. The maximum Gasteiger partial charge on any atom is 0.173 e. The molecule has 176 valence electrons. The molecular weight excluding hydrogens is 429 g/mol. The van der Waals surface area contributed by atoms with Gasteiger partial charge in [-0.2, -0.15) is 0 Å². The van der Waals surface area contributed by atoms with Crippen molar-refractivity contribution in [3.8, 4) is 0 Å². The average molecular weight is 460 g/mol. The van der Waals surface area contributed by atoms with Gasteiger partial charge in [0, 0.05) is 37.8 Å². The van der Waals surface area contributed by atoms with Crippen molar-refractivity contribution in [2.75, 3.05) is 31.1 Å². The molecule has 0 aliphatic carbocycles. The van der Waals surface area contributed by atoms with E-state index in [1.165, 1.54) is 6.07 Å². The standard InChI is InChI=1S/C26H30FN7/c1-4-26(2,3)34-25(29-30-31-34)24(20-11-12-22-19(18-20)8-7-13-28-22)33-16-14-32(15-17-33)23-10-6-5-9-21(23)27/h5-13,18,24H,4,14-17H2,1-3H3/t24-/m0/s1. The Morgan fingerprint density at radius 1 is 1.00 bits per heavy atom. The highest BCUT2D eigenvalue weighted by atomic mass is 19.1. The third-order valence-electron chi connectivity index (χ3n) is 6.99. The topological polar surface area (TPSA) is 63.0 Å². The summed E-state index contributed by atoms with van der Waals surface area (Å²) in [6.07, 6.45) is 2.71. The maximum absolute atomic E-state index is 14.4. The first-order valence-corrected chi connectivity index (χ1v) is 11.8. The quantitative estimate of drug-likeness (QED) is 0.425. The molecule has 0 N–H and O–H groups in total. The van der Waals surface area contributed by atoms with Crippen LogP contribution in [0.25, 0.3) is 10.9 Å². The second kappa shape index (κ2) is 9.10. The van der Waals surface area contributed by atoms with Crippen molar-refractivity contribution in [1.29, 1.82) is 0 Å². The summed E-state index contributed by atoms with van der Waals surface area (Å²) in [6, 6.07) is 17.3. The van der Waals surface area contributed by atoms with E-state index in [4.69, 9.17) is 0 Å². The molecule has 1 aliphatic rings. The Morgan fingerprint density at radius 2 is 1.79 bits per heavy atom. The molecule has 8 heteroatoms. The van der Waals surface area contributed by atoms with Crippen molar-refractivity contribution >= 4 is 16.6 Å². The van der Waals surface area contributed by atoms with Gasteiger partial charge >= 0.3 is 0 Å². The number of nitrogens with zero attached hydrogens (tertiary/aromatic N) is 7. The van der Waals surface area contributed by atoms with Gasteiger partial charge in [0.25, 0.3) is 0 Å². The molecule has 1 aliphatic heterocycles. The lowest BCUT2D eigenvalue weighted by Crippen LogP contribution is -2.49. The van der Waals surface area contributed by atoms with Crippen LogP contribution in [0.5, 0.6) is 0 Å². The number of fused-ring (bicyclic) bond motifs is 1. The van der Waals surface area contributed by atoms with Gasteiger partial charge < -0.3 is 4.90 Å². The minimum absolute atomic E-state index is 0.117. The molecule has 4 aromatic rings. The Bertz CT molecular complexity index is 1280. The summed E-state index contributed by atoms with van der Waals surface area (Å²) in [5.74, 6) is 0.651. The van der Waals surface area contributed by atoms with Crippen molar-refractivity contribution in [3.05, 3.63) is 78.0 Å². The minimum atomic E-state index is -0.218. The predicted molar refractivity (Wildman–Crippen MR) is 131 cm³/mol. The zero-order valence-electron chi connectivity index (χ0n) is 19.9. The molecule has 0 bridgehead atoms. The van der Waals surface area contributed by atoms with Crippen molar-refractivity contribution in [2.45, 2.75) is 38.8 Å². The fourth-order valence-corrected chi connectivity index (χ4v) is 4.66. The second-order valence-electron chi connectivity index (χ2n) is 9.45. The molecule has 0 spiro atoms. The number of hydrogen-bond acceptors (Lipinski definition) is 6. The summed E-state index contributed by atoms with van der Waals surface area (Å²) >= 11 is 0. The van der Waals surface area contributed by atoms with Gasteiger partial charge in [-0.25, -0.2) is 9.07 Å². The van der Waals surface area contributed by atoms with E-state index in [1.807, 2.05) is 29.1 Å². The van der Waals surface area contributed by atoms with E-state index in [1.54, 1.807) is 6.07 Å². The van der Waals surface area contributed by atoms with Crippen LogP contribution in [-0.2, 0) is 5.54 Å². The first-order chi connectivity index (χ1) is 16.5. The van der Waals surface area contributed by atoms with E-state index in [0.717, 1.165) is 54.9 Å². The monoisotopic (exact) mass is 459 g/mol. The Kier molecular flexibility index (Phi) is 6.00. The number of aromatic nitrogens is 5. The van der Waals surface area contributed by atoms with Crippen LogP contribution >= 0.6 is 0 Å². The average Bonchev–Trinajstić information content (AvgIpc) is 3.35. The molecule has 0 unspecified atom stereocenters. The summed E-state index contributed by atoms with van der Waals surface area (Å²) in [7, 11) is 0. The van der Waals surface area contributed by atoms with Crippen LogP contribution in [0.15, 0.2) is 60.8 Å². The molecular formula is C26H30FN7. The second-order valence-corrected chi connectivity index (χ2v) is 9.45. The first-order valence-electron chi connectivity index (χ1n) is 11.8. The van der Waals surface area contributed by atoms with Crippen LogP contribution in [0, 0.1) is 5.82 Å². The lowest BCUT2D eigenvalue weighted by molar-refractivity contribution is 0.187. The van der Waals surface area contributed by atoms with Gasteiger partial charge in [-0.1, -0.05) is 31.2 Å². The van der Waals surface area contributed by atoms with Gasteiger partial charge in [-0.3, -0.25) is 9.88 Å². The summed E-state index contributed by atoms with van der Waals surface area (Å²) in [5.41, 5.74) is 2.53. The maximum atomic E-state index is 14.4. The number of rotatable bonds is 6. The lowest BCUT2D eigenvalue weighted by atomic mass is 9.98. The number of benzene rings is 2. The zero-order chi connectivity index (χ0) is 23.7. The number of tetrazole rings is 1. The predicted octanol–water partition coefficient (Wildman–Crippen LogP) is 4.42. The van der Waals surface area contributed by atoms with Gasteiger partial charge in [-0.05, 0) is 66.6 Å². The highest BCUT2D eigenvalue weighted by Gasteiger charge is 2.34. The molecule has 1 saturated heterocycles. The molecule has 1 fully saturated rings. The van der Waals surface area contributed by atoms with Crippen molar-refractivity contribution in [3.63, 3.8) is 0 Å². The minimum Gasteiger partial charge on any atom is -0.367 e. The van der Waals surface area contributed by atoms with E-state index in [9.17, 15) is 4.39 Å². The summed E-state index contributed by atoms with van der Waals surface area (Å²) in [5, 5.41) is 14.1. The molecule has 2 aromatic carbocycles. The van der Waals surface area contributed by atoms with Crippen LogP contribution in [0.2, 0.25) is 0 Å². The normalized spacial score (nSPS) is 16.2. The smallest absolute Gasteiger partial charge is 0.173 e. The molecule has 2 aromatic heterocycles. The Hall–Kier alpha value is -3.39. The number of para-hydroxylation sites is 1. The van der Waals surface area contributed by atoms with Crippen LogP contribution < -0.4 is 4.90 Å². The van der Waals surface area contributed by atoms with Gasteiger partial charge in [0.15, 0.2) is 5.82 Å². The summed E-state index contributed by atoms with van der Waals surface area (Å²) in [4.78, 5) is 9.00. The third-order valence-corrected chi connectivity index (χ3v) is 6.99. The largest absolute Gasteiger partial charge is 0.367 e. The number of halogens is 1. The van der Waals surface area contributed by atoms with Crippen LogP contribution in [-0.4, -0.2) is 56.3 Å². The van der Waals surface area contributed by atoms with E-state index < -0.39 is 0 Å². The summed E-state index contributed by atoms with van der Waals surface area (Å²) < 4.78 is 16.4.